The molecule has 1 aromatic heterocycles. The predicted molar refractivity (Wildman–Crippen MR) is 160 cm³/mol. The molecular formula is C30H25Cl3F3N3O3. The van der Waals surface area contributed by atoms with E-state index in [1.807, 2.05) is 37.3 Å². The Labute approximate surface area is 255 Å². The van der Waals surface area contributed by atoms with Crippen molar-refractivity contribution in [1.29, 1.82) is 0 Å². The predicted octanol–water partition coefficient (Wildman–Crippen LogP) is 8.52. The van der Waals surface area contributed by atoms with Crippen LogP contribution in [0.15, 0.2) is 72.9 Å². The lowest BCUT2D eigenvalue weighted by Gasteiger charge is -2.17. The van der Waals surface area contributed by atoms with E-state index in [4.69, 9.17) is 39.9 Å². The van der Waals surface area contributed by atoms with Crippen LogP contribution < -0.4 is 10.6 Å². The van der Waals surface area contributed by atoms with Gasteiger partial charge in [-0.1, -0.05) is 59.1 Å². The van der Waals surface area contributed by atoms with Crippen LogP contribution in [0.3, 0.4) is 0 Å². The van der Waals surface area contributed by atoms with Crippen molar-refractivity contribution >= 4 is 52.9 Å². The highest BCUT2D eigenvalue weighted by atomic mass is 35.5. The van der Waals surface area contributed by atoms with Crippen LogP contribution in [-0.4, -0.2) is 29.0 Å². The minimum Gasteiger partial charge on any atom is -0.481 e. The summed E-state index contributed by atoms with van der Waals surface area (Å²) in [5, 5.41) is 14.6. The molecule has 0 aliphatic heterocycles. The first-order valence-corrected chi connectivity index (χ1v) is 13.5. The zero-order valence-corrected chi connectivity index (χ0v) is 24.4. The van der Waals surface area contributed by atoms with Crippen molar-refractivity contribution in [2.45, 2.75) is 26.1 Å². The SMILES string of the molecule is Cc1ccc(-c2cc(C(F)(F)F)cc(Cl)c2CNc2ccc(-c3ccc(Cl)cc3Cl)cc2)cn1.O=CNCCC(=O)O. The number of carboxylic acid groups (broad SMARTS) is 1. The van der Waals surface area contributed by atoms with Crippen molar-refractivity contribution in [3.8, 4) is 22.3 Å². The van der Waals surface area contributed by atoms with Crippen LogP contribution in [0.5, 0.6) is 0 Å². The molecule has 0 saturated carbocycles. The molecule has 0 aliphatic carbocycles. The van der Waals surface area contributed by atoms with Crippen molar-refractivity contribution in [2.24, 2.45) is 0 Å². The first kappa shape index (κ1) is 32.7. The number of aromatic nitrogens is 1. The molecule has 3 aromatic carbocycles. The van der Waals surface area contributed by atoms with Gasteiger partial charge in [0, 0.05) is 56.9 Å². The van der Waals surface area contributed by atoms with Crippen LogP contribution >= 0.6 is 34.8 Å². The molecule has 0 radical (unpaired) electrons. The fourth-order valence-corrected chi connectivity index (χ4v) is 4.59. The topological polar surface area (TPSA) is 91.3 Å². The summed E-state index contributed by atoms with van der Waals surface area (Å²) in [4.78, 5) is 23.4. The second kappa shape index (κ2) is 14.9. The second-order valence-corrected chi connectivity index (χ2v) is 10.2. The van der Waals surface area contributed by atoms with Gasteiger partial charge in [0.05, 0.1) is 12.0 Å². The van der Waals surface area contributed by atoms with Gasteiger partial charge >= 0.3 is 12.1 Å². The number of nitrogens with zero attached hydrogens (tertiary/aromatic N) is 1. The highest BCUT2D eigenvalue weighted by Crippen LogP contribution is 2.38. The Balaban J connectivity index is 0.000000531. The van der Waals surface area contributed by atoms with Gasteiger partial charge in [-0.05, 0) is 66.1 Å². The summed E-state index contributed by atoms with van der Waals surface area (Å²) in [6.07, 6.45) is -2.50. The molecule has 0 saturated heterocycles. The van der Waals surface area contributed by atoms with Gasteiger partial charge in [-0.2, -0.15) is 13.2 Å². The molecule has 4 aromatic rings. The molecule has 220 valence electrons. The van der Waals surface area contributed by atoms with E-state index in [-0.39, 0.29) is 24.5 Å². The molecule has 0 aliphatic rings. The fraction of sp³-hybridized carbons (Fsp3) is 0.167. The van der Waals surface area contributed by atoms with E-state index in [1.165, 1.54) is 0 Å². The van der Waals surface area contributed by atoms with Crippen LogP contribution in [0.1, 0.15) is 23.2 Å². The maximum atomic E-state index is 13.4. The van der Waals surface area contributed by atoms with E-state index >= 15 is 0 Å². The normalized spacial score (nSPS) is 10.8. The highest BCUT2D eigenvalue weighted by Gasteiger charge is 2.32. The zero-order chi connectivity index (χ0) is 30.9. The molecule has 4 rings (SSSR count). The van der Waals surface area contributed by atoms with Gasteiger partial charge in [0.25, 0.3) is 0 Å². The number of carbonyl (C=O) groups excluding carboxylic acids is 1. The number of pyridine rings is 1. The summed E-state index contributed by atoms with van der Waals surface area (Å²) in [5.41, 5.74) is 3.97. The molecular weight excluding hydrogens is 614 g/mol. The number of carbonyl (C=O) groups is 2. The van der Waals surface area contributed by atoms with Gasteiger partial charge in [0.1, 0.15) is 0 Å². The van der Waals surface area contributed by atoms with Crippen LogP contribution in [0, 0.1) is 6.92 Å². The van der Waals surface area contributed by atoms with Crippen molar-refractivity contribution in [2.75, 3.05) is 11.9 Å². The van der Waals surface area contributed by atoms with Gasteiger partial charge in [-0.3, -0.25) is 14.6 Å². The number of aliphatic carboxylic acids is 1. The summed E-state index contributed by atoms with van der Waals surface area (Å²) in [7, 11) is 0. The van der Waals surface area contributed by atoms with Crippen molar-refractivity contribution in [1.82, 2.24) is 10.3 Å². The van der Waals surface area contributed by atoms with E-state index in [0.717, 1.165) is 34.6 Å². The molecule has 0 atom stereocenters. The number of hydrogen-bond donors (Lipinski definition) is 3. The van der Waals surface area contributed by atoms with Gasteiger partial charge in [-0.15, -0.1) is 0 Å². The Morgan fingerprint density at radius 2 is 1.62 bits per heavy atom. The van der Waals surface area contributed by atoms with E-state index in [9.17, 15) is 22.8 Å². The maximum absolute atomic E-state index is 13.4. The third-order valence-corrected chi connectivity index (χ3v) is 6.79. The monoisotopic (exact) mass is 637 g/mol. The number of alkyl halides is 3. The summed E-state index contributed by atoms with van der Waals surface area (Å²) >= 11 is 18.6. The summed E-state index contributed by atoms with van der Waals surface area (Å²) in [5.74, 6) is -0.903. The van der Waals surface area contributed by atoms with Gasteiger partial charge in [0.15, 0.2) is 0 Å². The molecule has 0 fully saturated rings. The Kier molecular flexibility index (Phi) is 11.6. The standard InChI is InChI=1S/C26H18Cl3F3N2.C4H7NO3/c1-15-2-3-17(13-33-15)22-10-18(26(30,31)32)11-24(28)23(22)14-34-20-7-4-16(5-8-20)21-9-6-19(27)12-25(21)29;6-3-5-2-1-4(7)8/h2-13,34H,14H2,1H3;3H,1-2H2,(H,5,6)(H,7,8). The number of amides is 1. The Hall–Kier alpha value is -3.79. The summed E-state index contributed by atoms with van der Waals surface area (Å²) in [6.45, 7) is 2.24. The number of carboxylic acids is 1. The number of halogens is 6. The summed E-state index contributed by atoms with van der Waals surface area (Å²) in [6, 6.07) is 18.4. The molecule has 0 spiro atoms. The lowest BCUT2D eigenvalue weighted by Crippen LogP contribution is -2.15. The molecule has 0 unspecified atom stereocenters. The van der Waals surface area contributed by atoms with E-state index < -0.39 is 17.7 Å². The fourth-order valence-electron chi connectivity index (χ4n) is 3.78. The van der Waals surface area contributed by atoms with E-state index in [0.29, 0.717) is 33.1 Å². The van der Waals surface area contributed by atoms with Gasteiger partial charge in [0.2, 0.25) is 6.41 Å². The number of nitrogens with one attached hydrogen (secondary N) is 2. The molecule has 12 heteroatoms. The lowest BCUT2D eigenvalue weighted by molar-refractivity contribution is -0.138. The largest absolute Gasteiger partial charge is 0.481 e. The average molecular weight is 639 g/mol. The maximum Gasteiger partial charge on any atom is 0.416 e. The van der Waals surface area contributed by atoms with Gasteiger partial charge < -0.3 is 15.7 Å². The van der Waals surface area contributed by atoms with Crippen LogP contribution in [-0.2, 0) is 22.3 Å². The van der Waals surface area contributed by atoms with E-state index in [2.05, 4.69) is 15.6 Å². The lowest BCUT2D eigenvalue weighted by atomic mass is 9.97. The zero-order valence-electron chi connectivity index (χ0n) is 22.1. The van der Waals surface area contributed by atoms with E-state index in [1.54, 1.807) is 30.5 Å². The molecule has 6 nitrogen and oxygen atoms in total. The minimum absolute atomic E-state index is 0.0151. The third-order valence-electron chi connectivity index (χ3n) is 5.91. The second-order valence-electron chi connectivity index (χ2n) is 8.94. The molecule has 3 N–H and O–H groups in total. The Bertz CT molecular complexity index is 1530. The Morgan fingerprint density at radius 1 is 0.929 bits per heavy atom. The molecule has 0 bridgehead atoms. The van der Waals surface area contributed by atoms with Crippen LogP contribution in [0.25, 0.3) is 22.3 Å². The molecule has 1 amide bonds. The smallest absolute Gasteiger partial charge is 0.416 e. The summed E-state index contributed by atoms with van der Waals surface area (Å²) < 4.78 is 40.3. The number of hydrogen-bond acceptors (Lipinski definition) is 4. The number of aryl methyl sites for hydroxylation is 1. The van der Waals surface area contributed by atoms with Crippen LogP contribution in [0.2, 0.25) is 15.1 Å². The highest BCUT2D eigenvalue weighted by molar-refractivity contribution is 6.36. The Morgan fingerprint density at radius 3 is 2.19 bits per heavy atom. The van der Waals surface area contributed by atoms with Crippen molar-refractivity contribution < 1.29 is 27.9 Å². The average Bonchev–Trinajstić information content (AvgIpc) is 2.93. The number of anilines is 1. The molecule has 42 heavy (non-hydrogen) atoms. The quantitative estimate of drug-likeness (QED) is 0.126. The van der Waals surface area contributed by atoms with Gasteiger partial charge in [-0.25, -0.2) is 0 Å². The minimum atomic E-state index is -4.51. The molecule has 1 heterocycles. The van der Waals surface area contributed by atoms with Crippen LogP contribution in [0.4, 0.5) is 18.9 Å². The first-order valence-electron chi connectivity index (χ1n) is 12.4. The first-order chi connectivity index (χ1) is 19.9. The van der Waals surface area contributed by atoms with Crippen molar-refractivity contribution in [3.05, 3.63) is 105 Å². The third kappa shape index (κ3) is 9.37. The number of rotatable bonds is 9. The van der Waals surface area contributed by atoms with Crippen molar-refractivity contribution in [3.63, 3.8) is 0 Å². The number of benzene rings is 3.